The predicted octanol–water partition coefficient (Wildman–Crippen LogP) is 5.51. The van der Waals surface area contributed by atoms with Crippen LogP contribution >= 0.6 is 11.6 Å². The lowest BCUT2D eigenvalue weighted by Crippen LogP contribution is -2.07. The van der Waals surface area contributed by atoms with Gasteiger partial charge >= 0.3 is 0 Å². The van der Waals surface area contributed by atoms with Crippen molar-refractivity contribution in [3.8, 4) is 0 Å². The van der Waals surface area contributed by atoms with Gasteiger partial charge < -0.3 is 5.32 Å². The molecule has 1 unspecified atom stereocenters. The van der Waals surface area contributed by atoms with Gasteiger partial charge in [-0.05, 0) is 47.7 Å². The third kappa shape index (κ3) is 4.47. The predicted molar refractivity (Wildman–Crippen MR) is 94.3 cm³/mol. The Morgan fingerprint density at radius 3 is 2.50 bits per heavy atom. The number of rotatable bonds is 5. The lowest BCUT2D eigenvalue weighted by molar-refractivity contribution is -0.111. The highest BCUT2D eigenvalue weighted by Gasteiger charge is 2.03. The molecule has 3 heteroatoms. The second-order valence-corrected chi connectivity index (χ2v) is 5.68. The molecule has 2 aromatic rings. The highest BCUT2D eigenvalue weighted by Crippen LogP contribution is 2.20. The molecular weight excluding hydrogens is 294 g/mol. The van der Waals surface area contributed by atoms with Crippen molar-refractivity contribution in [1.29, 1.82) is 0 Å². The molecule has 0 radical (unpaired) electrons. The molecule has 1 N–H and O–H groups in total. The van der Waals surface area contributed by atoms with E-state index in [1.165, 1.54) is 11.6 Å². The van der Waals surface area contributed by atoms with Crippen molar-refractivity contribution in [3.05, 3.63) is 70.8 Å². The first-order valence-corrected chi connectivity index (χ1v) is 7.81. The average Bonchev–Trinajstić information content (AvgIpc) is 2.54. The first-order valence-electron chi connectivity index (χ1n) is 7.43. The standard InChI is InChI=1S/C19H20ClNO/c1-3-14(2)15-8-11-17(12-9-15)21-19(22)13-10-16-6-4-5-7-18(16)20/h4-14H,3H2,1-2H3,(H,21,22). The Morgan fingerprint density at radius 1 is 1.18 bits per heavy atom. The molecule has 0 bridgehead atoms. The first-order chi connectivity index (χ1) is 10.6. The van der Waals surface area contributed by atoms with Crippen LogP contribution in [0.2, 0.25) is 5.02 Å². The Kier molecular flexibility index (Phi) is 5.79. The Balaban J connectivity index is 1.99. The number of hydrogen-bond acceptors (Lipinski definition) is 1. The molecule has 0 fully saturated rings. The highest BCUT2D eigenvalue weighted by atomic mass is 35.5. The SMILES string of the molecule is CCC(C)c1ccc(NC(=O)C=Cc2ccccc2Cl)cc1. The van der Waals surface area contributed by atoms with E-state index in [9.17, 15) is 4.79 Å². The third-order valence-electron chi connectivity index (χ3n) is 3.68. The number of halogens is 1. The topological polar surface area (TPSA) is 29.1 Å². The van der Waals surface area contributed by atoms with Crippen molar-refractivity contribution in [3.63, 3.8) is 0 Å². The van der Waals surface area contributed by atoms with Crippen molar-refractivity contribution in [2.24, 2.45) is 0 Å². The second-order valence-electron chi connectivity index (χ2n) is 5.28. The summed E-state index contributed by atoms with van der Waals surface area (Å²) in [5.41, 5.74) is 2.90. The quantitative estimate of drug-likeness (QED) is 0.725. The van der Waals surface area contributed by atoms with Crippen LogP contribution in [0.15, 0.2) is 54.6 Å². The van der Waals surface area contributed by atoms with Crippen molar-refractivity contribution in [2.45, 2.75) is 26.2 Å². The molecule has 0 saturated carbocycles. The minimum Gasteiger partial charge on any atom is -0.323 e. The molecule has 0 heterocycles. The van der Waals surface area contributed by atoms with Crippen LogP contribution in [-0.4, -0.2) is 5.91 Å². The molecule has 0 aromatic heterocycles. The molecule has 1 amide bonds. The van der Waals surface area contributed by atoms with E-state index in [0.29, 0.717) is 10.9 Å². The summed E-state index contributed by atoms with van der Waals surface area (Å²) in [7, 11) is 0. The van der Waals surface area contributed by atoms with Crippen LogP contribution in [0.25, 0.3) is 6.08 Å². The molecule has 2 aromatic carbocycles. The van der Waals surface area contributed by atoms with Crippen molar-refractivity contribution in [1.82, 2.24) is 0 Å². The van der Waals surface area contributed by atoms with Gasteiger partial charge in [0, 0.05) is 16.8 Å². The van der Waals surface area contributed by atoms with Gasteiger partial charge in [-0.1, -0.05) is 55.8 Å². The summed E-state index contributed by atoms with van der Waals surface area (Å²) in [6.45, 7) is 4.36. The van der Waals surface area contributed by atoms with Crippen molar-refractivity contribution in [2.75, 3.05) is 5.32 Å². The Bertz CT molecular complexity index is 661. The number of carbonyl (C=O) groups excluding carboxylic acids is 1. The third-order valence-corrected chi connectivity index (χ3v) is 4.02. The average molecular weight is 314 g/mol. The zero-order valence-electron chi connectivity index (χ0n) is 12.8. The summed E-state index contributed by atoms with van der Waals surface area (Å²) in [6, 6.07) is 15.4. The molecule has 114 valence electrons. The highest BCUT2D eigenvalue weighted by molar-refractivity contribution is 6.32. The fourth-order valence-electron chi connectivity index (χ4n) is 2.09. The molecule has 0 saturated heterocycles. The van der Waals surface area contributed by atoms with Gasteiger partial charge in [-0.3, -0.25) is 4.79 Å². The van der Waals surface area contributed by atoms with Gasteiger partial charge in [0.2, 0.25) is 5.91 Å². The van der Waals surface area contributed by atoms with E-state index in [1.807, 2.05) is 30.3 Å². The number of amides is 1. The number of benzene rings is 2. The van der Waals surface area contributed by atoms with E-state index in [0.717, 1.165) is 17.7 Å². The number of hydrogen-bond donors (Lipinski definition) is 1. The Labute approximate surface area is 136 Å². The van der Waals surface area contributed by atoms with Crippen molar-refractivity contribution >= 4 is 29.3 Å². The minimum absolute atomic E-state index is 0.170. The largest absolute Gasteiger partial charge is 0.323 e. The summed E-state index contributed by atoms with van der Waals surface area (Å²) in [5.74, 6) is 0.362. The fraction of sp³-hybridized carbons (Fsp3) is 0.211. The van der Waals surface area contributed by atoms with Crippen molar-refractivity contribution < 1.29 is 4.79 Å². The summed E-state index contributed by atoms with van der Waals surface area (Å²) in [6.07, 6.45) is 4.31. The summed E-state index contributed by atoms with van der Waals surface area (Å²) in [4.78, 5) is 11.9. The van der Waals surface area contributed by atoms with Crippen LogP contribution in [-0.2, 0) is 4.79 Å². The number of anilines is 1. The fourth-order valence-corrected chi connectivity index (χ4v) is 2.29. The molecule has 0 aliphatic carbocycles. The van der Waals surface area contributed by atoms with Crippen LogP contribution in [0.3, 0.4) is 0 Å². The van der Waals surface area contributed by atoms with Gasteiger partial charge in [0.05, 0.1) is 0 Å². The summed E-state index contributed by atoms with van der Waals surface area (Å²) < 4.78 is 0. The molecule has 1 atom stereocenters. The Morgan fingerprint density at radius 2 is 1.86 bits per heavy atom. The second kappa shape index (κ2) is 7.81. The maximum atomic E-state index is 11.9. The molecule has 0 spiro atoms. The van der Waals surface area contributed by atoms with E-state index >= 15 is 0 Å². The minimum atomic E-state index is -0.170. The number of nitrogens with one attached hydrogen (secondary N) is 1. The van der Waals surface area contributed by atoms with Crippen LogP contribution in [0.1, 0.15) is 37.3 Å². The van der Waals surface area contributed by atoms with Crippen LogP contribution in [0.4, 0.5) is 5.69 Å². The maximum Gasteiger partial charge on any atom is 0.248 e. The van der Waals surface area contributed by atoms with E-state index in [4.69, 9.17) is 11.6 Å². The van der Waals surface area contributed by atoms with Gasteiger partial charge in [-0.25, -0.2) is 0 Å². The summed E-state index contributed by atoms with van der Waals surface area (Å²) >= 11 is 6.05. The molecule has 0 aliphatic rings. The lowest BCUT2D eigenvalue weighted by atomic mass is 9.99. The first kappa shape index (κ1) is 16.3. The van der Waals surface area contributed by atoms with Crippen LogP contribution in [0.5, 0.6) is 0 Å². The lowest BCUT2D eigenvalue weighted by Gasteiger charge is -2.09. The monoisotopic (exact) mass is 313 g/mol. The number of carbonyl (C=O) groups is 1. The normalized spacial score (nSPS) is 12.3. The van der Waals surface area contributed by atoms with E-state index in [-0.39, 0.29) is 5.91 Å². The Hall–Kier alpha value is -2.06. The zero-order valence-corrected chi connectivity index (χ0v) is 13.6. The van der Waals surface area contributed by atoms with Gasteiger partial charge in [-0.15, -0.1) is 0 Å². The van der Waals surface area contributed by atoms with Gasteiger partial charge in [0.25, 0.3) is 0 Å². The maximum absolute atomic E-state index is 11.9. The smallest absolute Gasteiger partial charge is 0.248 e. The van der Waals surface area contributed by atoms with E-state index in [2.05, 4.69) is 31.3 Å². The van der Waals surface area contributed by atoms with E-state index < -0.39 is 0 Å². The van der Waals surface area contributed by atoms with E-state index in [1.54, 1.807) is 12.1 Å². The summed E-state index contributed by atoms with van der Waals surface area (Å²) in [5, 5.41) is 3.48. The molecule has 22 heavy (non-hydrogen) atoms. The van der Waals surface area contributed by atoms with Gasteiger partial charge in [-0.2, -0.15) is 0 Å². The molecule has 2 nitrogen and oxygen atoms in total. The van der Waals surface area contributed by atoms with Crippen LogP contribution in [0, 0.1) is 0 Å². The molecular formula is C19H20ClNO. The van der Waals surface area contributed by atoms with Gasteiger partial charge in [0.15, 0.2) is 0 Å². The zero-order chi connectivity index (χ0) is 15.9. The van der Waals surface area contributed by atoms with Gasteiger partial charge in [0.1, 0.15) is 0 Å². The molecule has 0 aliphatic heterocycles. The van der Waals surface area contributed by atoms with Crippen LogP contribution < -0.4 is 5.32 Å². The molecule has 2 rings (SSSR count).